The minimum absolute atomic E-state index is 0.218. The predicted molar refractivity (Wildman–Crippen MR) is 97.5 cm³/mol. The van der Waals surface area contributed by atoms with Crippen molar-refractivity contribution < 1.29 is 4.52 Å². The largest absolute Gasteiger partial charge is 0.382 e. The van der Waals surface area contributed by atoms with Crippen molar-refractivity contribution in [2.24, 2.45) is 4.99 Å². The van der Waals surface area contributed by atoms with Crippen LogP contribution in [0, 0.1) is 0 Å². The molecule has 0 amide bonds. The van der Waals surface area contributed by atoms with E-state index in [2.05, 4.69) is 31.8 Å². The van der Waals surface area contributed by atoms with Crippen LogP contribution in [-0.2, 0) is 0 Å². The predicted octanol–water partition coefficient (Wildman–Crippen LogP) is 3.39. The van der Waals surface area contributed by atoms with Gasteiger partial charge in [0.25, 0.3) is 5.89 Å². The lowest BCUT2D eigenvalue weighted by atomic mass is 10.2. The molecule has 0 spiro atoms. The summed E-state index contributed by atoms with van der Waals surface area (Å²) in [7, 11) is 0. The van der Waals surface area contributed by atoms with Gasteiger partial charge in [-0.2, -0.15) is 4.98 Å². The zero-order valence-electron chi connectivity index (χ0n) is 13.6. The zero-order chi connectivity index (χ0) is 17.6. The van der Waals surface area contributed by atoms with E-state index in [0.717, 1.165) is 11.1 Å². The summed E-state index contributed by atoms with van der Waals surface area (Å²) in [5.74, 6) is 0.881. The highest BCUT2D eigenvalue weighted by molar-refractivity contribution is 5.74. The molecule has 0 aliphatic rings. The van der Waals surface area contributed by atoms with Crippen molar-refractivity contribution in [2.75, 3.05) is 5.73 Å². The lowest BCUT2D eigenvalue weighted by molar-refractivity contribution is 0.432. The number of rotatable bonds is 5. The van der Waals surface area contributed by atoms with E-state index in [1.165, 1.54) is 0 Å². The summed E-state index contributed by atoms with van der Waals surface area (Å²) < 4.78 is 5.31. The topological polar surface area (TPSA) is 103 Å². The van der Waals surface area contributed by atoms with Gasteiger partial charge in [0, 0.05) is 17.3 Å². The van der Waals surface area contributed by atoms with Crippen LogP contribution in [0.1, 0.15) is 12.6 Å². The molecule has 124 valence electrons. The molecule has 0 radical (unpaired) electrons. The van der Waals surface area contributed by atoms with Crippen LogP contribution < -0.4 is 5.73 Å². The average Bonchev–Trinajstić information content (AvgIpc) is 3.13. The molecule has 0 aliphatic carbocycles. The Bertz CT molecular complexity index is 943. The fraction of sp³-hybridized carbons (Fsp3) is 0.0556. The monoisotopic (exact) mass is 332 g/mol. The van der Waals surface area contributed by atoms with Crippen LogP contribution in [-0.4, -0.2) is 26.8 Å². The quantitative estimate of drug-likeness (QED) is 0.567. The first-order valence-electron chi connectivity index (χ1n) is 7.54. The number of hydrogen-bond donors (Lipinski definition) is 1. The lowest BCUT2D eigenvalue weighted by Crippen LogP contribution is -2.01. The van der Waals surface area contributed by atoms with E-state index < -0.39 is 0 Å². The van der Waals surface area contributed by atoms with Gasteiger partial charge in [0.15, 0.2) is 11.5 Å². The molecule has 25 heavy (non-hydrogen) atoms. The van der Waals surface area contributed by atoms with Crippen LogP contribution in [0.5, 0.6) is 0 Å². The second-order valence-corrected chi connectivity index (χ2v) is 5.05. The van der Waals surface area contributed by atoms with Crippen molar-refractivity contribution in [3.05, 3.63) is 60.6 Å². The molecular formula is C18H16N6O. The fourth-order valence-electron chi connectivity index (χ4n) is 2.19. The Balaban J connectivity index is 2.03. The summed E-state index contributed by atoms with van der Waals surface area (Å²) >= 11 is 0. The zero-order valence-corrected chi connectivity index (χ0v) is 13.6. The third-order valence-electron chi connectivity index (χ3n) is 3.33. The normalized spacial score (nSPS) is 11.8. The standard InChI is InChI=1S/C18H16N6O/c1-3-7-13(10-20-2)14-11-21-16(19)15(22-14)17-23-18(25-24-17)12-8-5-4-6-9-12/h3-11H,2H2,1H3,(H2,19,21)/b7-3-,13-10+. The van der Waals surface area contributed by atoms with Crippen molar-refractivity contribution >= 4 is 18.1 Å². The molecule has 2 heterocycles. The minimum Gasteiger partial charge on any atom is -0.382 e. The molecule has 0 unspecified atom stereocenters. The Labute approximate surface area is 144 Å². The number of aliphatic imine (C=N–C) groups is 1. The van der Waals surface area contributed by atoms with E-state index in [0.29, 0.717) is 17.3 Å². The van der Waals surface area contributed by atoms with E-state index in [1.807, 2.05) is 49.4 Å². The first-order valence-corrected chi connectivity index (χ1v) is 7.54. The van der Waals surface area contributed by atoms with E-state index in [9.17, 15) is 0 Å². The summed E-state index contributed by atoms with van der Waals surface area (Å²) in [6, 6.07) is 9.46. The van der Waals surface area contributed by atoms with Crippen LogP contribution in [0.4, 0.5) is 5.82 Å². The van der Waals surface area contributed by atoms with Gasteiger partial charge < -0.3 is 10.3 Å². The van der Waals surface area contributed by atoms with Crippen molar-refractivity contribution in [2.45, 2.75) is 6.92 Å². The van der Waals surface area contributed by atoms with Crippen LogP contribution in [0.25, 0.3) is 28.5 Å². The maximum absolute atomic E-state index is 5.95. The maximum atomic E-state index is 5.95. The molecule has 3 rings (SSSR count). The smallest absolute Gasteiger partial charge is 0.258 e. The van der Waals surface area contributed by atoms with Gasteiger partial charge in [-0.05, 0) is 25.8 Å². The Hall–Kier alpha value is -3.61. The number of nitrogens with zero attached hydrogens (tertiary/aromatic N) is 5. The third kappa shape index (κ3) is 3.50. The molecule has 0 bridgehead atoms. The van der Waals surface area contributed by atoms with Crippen molar-refractivity contribution in [3.8, 4) is 23.0 Å². The van der Waals surface area contributed by atoms with Crippen molar-refractivity contribution in [1.82, 2.24) is 20.1 Å². The van der Waals surface area contributed by atoms with Gasteiger partial charge in [-0.3, -0.25) is 4.99 Å². The van der Waals surface area contributed by atoms with Gasteiger partial charge in [0.1, 0.15) is 0 Å². The highest BCUT2D eigenvalue weighted by atomic mass is 16.5. The molecule has 7 nitrogen and oxygen atoms in total. The summed E-state index contributed by atoms with van der Waals surface area (Å²) in [5.41, 5.74) is 8.45. The number of anilines is 1. The molecule has 0 aliphatic heterocycles. The fourth-order valence-corrected chi connectivity index (χ4v) is 2.19. The Morgan fingerprint density at radius 1 is 1.24 bits per heavy atom. The maximum Gasteiger partial charge on any atom is 0.258 e. The van der Waals surface area contributed by atoms with Crippen LogP contribution in [0.15, 0.2) is 64.4 Å². The second-order valence-electron chi connectivity index (χ2n) is 5.05. The number of aromatic nitrogens is 4. The number of hydrogen-bond acceptors (Lipinski definition) is 7. The molecule has 0 saturated heterocycles. The SMILES string of the molecule is C=N/C=C(\C=C/C)c1cnc(N)c(-c2noc(-c3ccccc3)n2)n1. The highest BCUT2D eigenvalue weighted by Gasteiger charge is 2.16. The van der Waals surface area contributed by atoms with Gasteiger partial charge in [-0.15, -0.1) is 0 Å². The lowest BCUT2D eigenvalue weighted by Gasteiger charge is -2.04. The first-order chi connectivity index (χ1) is 12.2. The Morgan fingerprint density at radius 3 is 2.76 bits per heavy atom. The molecule has 1 aromatic carbocycles. The molecule has 7 heteroatoms. The Morgan fingerprint density at radius 2 is 2.04 bits per heavy atom. The van der Waals surface area contributed by atoms with Gasteiger partial charge >= 0.3 is 0 Å². The Kier molecular flexibility index (Phi) is 4.75. The third-order valence-corrected chi connectivity index (χ3v) is 3.33. The molecule has 0 saturated carbocycles. The summed E-state index contributed by atoms with van der Waals surface area (Å²) in [5, 5.41) is 3.97. The number of nitrogens with two attached hydrogens (primary N) is 1. The van der Waals surface area contributed by atoms with E-state index in [1.54, 1.807) is 12.4 Å². The average molecular weight is 332 g/mol. The van der Waals surface area contributed by atoms with Gasteiger partial charge in [0.05, 0.1) is 11.9 Å². The van der Waals surface area contributed by atoms with E-state index >= 15 is 0 Å². The molecule has 2 aromatic heterocycles. The minimum atomic E-state index is 0.218. The highest BCUT2D eigenvalue weighted by Crippen LogP contribution is 2.25. The van der Waals surface area contributed by atoms with E-state index in [4.69, 9.17) is 10.3 Å². The summed E-state index contributed by atoms with van der Waals surface area (Å²) in [4.78, 5) is 16.8. The van der Waals surface area contributed by atoms with Crippen LogP contribution in [0.2, 0.25) is 0 Å². The second kappa shape index (κ2) is 7.31. The van der Waals surface area contributed by atoms with Crippen LogP contribution in [0.3, 0.4) is 0 Å². The van der Waals surface area contributed by atoms with Crippen molar-refractivity contribution in [1.29, 1.82) is 0 Å². The first kappa shape index (κ1) is 16.3. The summed E-state index contributed by atoms with van der Waals surface area (Å²) in [6.07, 6.45) is 6.88. The number of benzene rings is 1. The van der Waals surface area contributed by atoms with Gasteiger partial charge in [-0.25, -0.2) is 9.97 Å². The van der Waals surface area contributed by atoms with Crippen molar-refractivity contribution in [3.63, 3.8) is 0 Å². The number of nitrogen functional groups attached to an aromatic ring is 1. The molecule has 0 fully saturated rings. The molecule has 3 aromatic rings. The van der Waals surface area contributed by atoms with Gasteiger partial charge in [-0.1, -0.05) is 35.5 Å². The molecule has 2 N–H and O–H groups in total. The number of allylic oxidation sites excluding steroid dienone is 3. The molecular weight excluding hydrogens is 316 g/mol. The molecule has 0 atom stereocenters. The summed E-state index contributed by atoms with van der Waals surface area (Å²) in [6.45, 7) is 5.37. The van der Waals surface area contributed by atoms with E-state index in [-0.39, 0.29) is 11.6 Å². The van der Waals surface area contributed by atoms with Gasteiger partial charge in [0.2, 0.25) is 5.82 Å². The van der Waals surface area contributed by atoms with Crippen LogP contribution >= 0.6 is 0 Å².